The van der Waals surface area contributed by atoms with Crippen LogP contribution in [0.5, 0.6) is 5.75 Å². The minimum atomic E-state index is -0.344. The van der Waals surface area contributed by atoms with E-state index in [0.29, 0.717) is 30.9 Å². The van der Waals surface area contributed by atoms with Crippen molar-refractivity contribution < 1.29 is 23.8 Å². The molecule has 0 heterocycles. The molecule has 2 amide bonds. The molecule has 138 valence electrons. The quantitative estimate of drug-likeness (QED) is 0.697. The Kier molecular flexibility index (Phi) is 7.21. The summed E-state index contributed by atoms with van der Waals surface area (Å²) >= 11 is 0. The van der Waals surface area contributed by atoms with Crippen molar-refractivity contribution in [1.82, 2.24) is 10.6 Å². The van der Waals surface area contributed by atoms with Crippen molar-refractivity contribution in [2.24, 2.45) is 0 Å². The molecule has 1 aromatic carbocycles. The Hall–Kier alpha value is -2.12. The van der Waals surface area contributed by atoms with Gasteiger partial charge in [-0.25, -0.2) is 0 Å². The lowest BCUT2D eigenvalue weighted by Crippen LogP contribution is -2.61. The number of amides is 2. The van der Waals surface area contributed by atoms with Crippen molar-refractivity contribution in [1.29, 1.82) is 0 Å². The predicted octanol–water partition coefficient (Wildman–Crippen LogP) is 1.12. The molecule has 7 heteroatoms. The summed E-state index contributed by atoms with van der Waals surface area (Å²) in [7, 11) is 1.60. The third kappa shape index (κ3) is 4.93. The molecule has 1 aliphatic carbocycles. The molecule has 1 aliphatic rings. The second kappa shape index (κ2) is 9.39. The van der Waals surface area contributed by atoms with Crippen molar-refractivity contribution in [3.8, 4) is 5.75 Å². The van der Waals surface area contributed by atoms with Gasteiger partial charge in [-0.1, -0.05) is 12.1 Å². The fraction of sp³-hybridized carbons (Fsp3) is 0.556. The summed E-state index contributed by atoms with van der Waals surface area (Å²) in [5, 5.41) is 5.48. The summed E-state index contributed by atoms with van der Waals surface area (Å²) in [4.78, 5) is 24.3. The Morgan fingerprint density at radius 3 is 2.64 bits per heavy atom. The zero-order chi connectivity index (χ0) is 18.2. The summed E-state index contributed by atoms with van der Waals surface area (Å²) in [6.45, 7) is 4.74. The van der Waals surface area contributed by atoms with E-state index < -0.39 is 0 Å². The number of methoxy groups -OCH3 is 1. The first kappa shape index (κ1) is 19.2. The minimum absolute atomic E-state index is 0.00737. The molecule has 1 saturated carbocycles. The van der Waals surface area contributed by atoms with Gasteiger partial charge in [0.1, 0.15) is 11.9 Å². The molecule has 2 rings (SSSR count). The maximum atomic E-state index is 12.3. The summed E-state index contributed by atoms with van der Waals surface area (Å²) in [6, 6.07) is 6.84. The van der Waals surface area contributed by atoms with E-state index in [9.17, 15) is 9.59 Å². The van der Waals surface area contributed by atoms with Gasteiger partial charge in [0.25, 0.3) is 5.91 Å². The maximum absolute atomic E-state index is 12.3. The molecule has 2 N–H and O–H groups in total. The molecular weight excluding hydrogens is 324 g/mol. The number of hydrogen-bond acceptors (Lipinski definition) is 5. The third-order valence-electron chi connectivity index (χ3n) is 4.09. The van der Waals surface area contributed by atoms with Crippen molar-refractivity contribution in [3.05, 3.63) is 29.8 Å². The van der Waals surface area contributed by atoms with Crippen molar-refractivity contribution >= 4 is 11.8 Å². The number of rotatable bonds is 9. The lowest BCUT2D eigenvalue weighted by Gasteiger charge is -2.43. The van der Waals surface area contributed by atoms with Gasteiger partial charge < -0.3 is 24.8 Å². The van der Waals surface area contributed by atoms with Gasteiger partial charge in [-0.15, -0.1) is 0 Å². The fourth-order valence-electron chi connectivity index (χ4n) is 2.87. The summed E-state index contributed by atoms with van der Waals surface area (Å²) in [5.41, 5.74) is 0.409. The van der Waals surface area contributed by atoms with Crippen molar-refractivity contribution in [3.63, 3.8) is 0 Å². The number of ether oxygens (including phenoxy) is 3. The number of carbonyl (C=O) groups is 2. The number of hydrogen-bond donors (Lipinski definition) is 2. The summed E-state index contributed by atoms with van der Waals surface area (Å²) < 4.78 is 16.3. The Labute approximate surface area is 148 Å². The van der Waals surface area contributed by atoms with Crippen molar-refractivity contribution in [2.45, 2.75) is 38.5 Å². The van der Waals surface area contributed by atoms with E-state index in [2.05, 4.69) is 10.6 Å². The second-order valence-electron chi connectivity index (χ2n) is 5.72. The summed E-state index contributed by atoms with van der Waals surface area (Å²) in [6.07, 6.45) is 0.561. The molecule has 3 atom stereocenters. The van der Waals surface area contributed by atoms with E-state index in [4.69, 9.17) is 14.2 Å². The highest BCUT2D eigenvalue weighted by atomic mass is 16.5. The summed E-state index contributed by atoms with van der Waals surface area (Å²) in [5.74, 6) is -0.103. The first-order valence-corrected chi connectivity index (χ1v) is 8.54. The van der Waals surface area contributed by atoms with Crippen LogP contribution in [0.25, 0.3) is 0 Å². The van der Waals surface area contributed by atoms with Crippen molar-refractivity contribution in [2.75, 3.05) is 26.9 Å². The lowest BCUT2D eigenvalue weighted by atomic mass is 9.85. The Morgan fingerprint density at radius 2 is 1.96 bits per heavy atom. The lowest BCUT2D eigenvalue weighted by molar-refractivity contribution is -0.142. The Bertz CT molecular complexity index is 593. The van der Waals surface area contributed by atoms with Crippen LogP contribution in [0.2, 0.25) is 0 Å². The average Bonchev–Trinajstić information content (AvgIpc) is 2.59. The van der Waals surface area contributed by atoms with Gasteiger partial charge >= 0.3 is 0 Å². The molecule has 1 aromatic rings. The molecule has 0 aliphatic heterocycles. The monoisotopic (exact) mass is 350 g/mol. The smallest absolute Gasteiger partial charge is 0.255 e. The van der Waals surface area contributed by atoms with Crippen LogP contribution in [0.1, 0.15) is 30.6 Å². The zero-order valence-corrected chi connectivity index (χ0v) is 14.9. The van der Waals surface area contributed by atoms with Crippen LogP contribution in [0.15, 0.2) is 24.3 Å². The van der Waals surface area contributed by atoms with Crippen LogP contribution in [0.4, 0.5) is 0 Å². The SMILES string of the molecule is CCOc1ccccc1C(=O)NCC(=O)N[C@@H]1C[C@H](OCC)[C@H]1OC. The Balaban J connectivity index is 1.81. The number of para-hydroxylation sites is 1. The van der Waals surface area contributed by atoms with Gasteiger partial charge in [0, 0.05) is 13.7 Å². The maximum Gasteiger partial charge on any atom is 0.255 e. The van der Waals surface area contributed by atoms with E-state index in [1.165, 1.54) is 0 Å². The van der Waals surface area contributed by atoms with Gasteiger partial charge in [0.15, 0.2) is 0 Å². The van der Waals surface area contributed by atoms with Crippen LogP contribution in [-0.4, -0.2) is 56.9 Å². The van der Waals surface area contributed by atoms with E-state index in [1.54, 1.807) is 31.4 Å². The van der Waals surface area contributed by atoms with Crippen LogP contribution in [-0.2, 0) is 14.3 Å². The van der Waals surface area contributed by atoms with Crippen LogP contribution >= 0.6 is 0 Å². The topological polar surface area (TPSA) is 85.9 Å². The number of nitrogens with one attached hydrogen (secondary N) is 2. The molecule has 0 unspecified atom stereocenters. The highest BCUT2D eigenvalue weighted by molar-refractivity contribution is 5.98. The van der Waals surface area contributed by atoms with E-state index in [0.717, 1.165) is 0 Å². The number of benzene rings is 1. The molecular formula is C18H26N2O5. The van der Waals surface area contributed by atoms with Gasteiger partial charge in [0.05, 0.1) is 30.9 Å². The normalized spacial score (nSPS) is 22.0. The Morgan fingerprint density at radius 1 is 1.20 bits per heavy atom. The van der Waals surface area contributed by atoms with Gasteiger partial charge in [-0.05, 0) is 32.4 Å². The van der Waals surface area contributed by atoms with Gasteiger partial charge in [-0.2, -0.15) is 0 Å². The molecule has 0 spiro atoms. The van der Waals surface area contributed by atoms with Crippen LogP contribution in [0, 0.1) is 0 Å². The minimum Gasteiger partial charge on any atom is -0.493 e. The number of carbonyl (C=O) groups excluding carboxylic acids is 2. The van der Waals surface area contributed by atoms with Crippen LogP contribution < -0.4 is 15.4 Å². The second-order valence-corrected chi connectivity index (χ2v) is 5.72. The molecule has 0 saturated heterocycles. The fourth-order valence-corrected chi connectivity index (χ4v) is 2.87. The molecule has 0 radical (unpaired) electrons. The third-order valence-corrected chi connectivity index (χ3v) is 4.09. The molecule has 0 aromatic heterocycles. The first-order chi connectivity index (χ1) is 12.1. The average molecular weight is 350 g/mol. The van der Waals surface area contributed by atoms with Gasteiger partial charge in [-0.3, -0.25) is 9.59 Å². The zero-order valence-electron chi connectivity index (χ0n) is 14.9. The highest BCUT2D eigenvalue weighted by Crippen LogP contribution is 2.26. The largest absolute Gasteiger partial charge is 0.493 e. The predicted molar refractivity (Wildman–Crippen MR) is 92.7 cm³/mol. The highest BCUT2D eigenvalue weighted by Gasteiger charge is 2.42. The molecule has 7 nitrogen and oxygen atoms in total. The van der Waals surface area contributed by atoms with Crippen LogP contribution in [0.3, 0.4) is 0 Å². The van der Waals surface area contributed by atoms with Gasteiger partial charge in [0.2, 0.25) is 5.91 Å². The molecule has 0 bridgehead atoms. The van der Waals surface area contributed by atoms with E-state index in [-0.39, 0.29) is 36.6 Å². The van der Waals surface area contributed by atoms with E-state index >= 15 is 0 Å². The standard InChI is InChI=1S/C18H26N2O5/c1-4-24-14-9-7-6-8-12(14)18(22)19-11-16(21)20-13-10-15(25-5-2)17(13)23-3/h6-9,13,15,17H,4-5,10-11H2,1-3H3,(H,19,22)(H,20,21)/t13-,15+,17+/m1/s1. The first-order valence-electron chi connectivity index (χ1n) is 8.54. The molecule has 25 heavy (non-hydrogen) atoms. The molecule has 1 fully saturated rings. The van der Waals surface area contributed by atoms with E-state index in [1.807, 2.05) is 13.8 Å².